The third kappa shape index (κ3) is 50.0. The minimum Gasteiger partial charge on any atom is -0.477 e. The molecule has 0 saturated carbocycles. The average Bonchev–Trinajstić information content (AvgIpc) is 3.33. The van der Waals surface area contributed by atoms with E-state index in [1.54, 1.807) is 0 Å². The van der Waals surface area contributed by atoms with Crippen molar-refractivity contribution in [1.29, 1.82) is 0 Å². The third-order valence-electron chi connectivity index (χ3n) is 13.2. The standard InChI is InChI=1S/C62H111NO7/c1-6-8-10-12-14-16-18-20-22-24-26-28-30-32-34-36-38-40-42-44-46-48-50-52-60(64)69-57-58(56-68-55-54-59(62(66)67)63(3,4)5)70-61(65)53-51-49-47-45-43-41-39-37-35-33-31-29-27-25-23-21-19-17-15-13-11-9-7-2/h8,10,14,16,20,22,27,29,33,35,58-59H,6-7,9,11-13,15,17-19,21,23-26,28,30-32,34,36-57H2,1-5H3/p+1/b10-8+,16-14+,22-20+,29-27+,35-33+. The average molecular weight is 984 g/mol. The molecule has 0 amide bonds. The molecule has 2 unspecified atom stereocenters. The summed E-state index contributed by atoms with van der Waals surface area (Å²) in [5.74, 6) is -1.47. The van der Waals surface area contributed by atoms with E-state index < -0.39 is 18.1 Å². The first-order chi connectivity index (χ1) is 34.1. The molecular formula is C62H112NO7+. The van der Waals surface area contributed by atoms with Crippen LogP contribution in [0.1, 0.15) is 264 Å². The highest BCUT2D eigenvalue weighted by atomic mass is 16.6. The molecule has 0 aromatic heterocycles. The lowest BCUT2D eigenvalue weighted by Crippen LogP contribution is -2.50. The Hall–Kier alpha value is -2.97. The number of hydrogen-bond donors (Lipinski definition) is 1. The molecule has 2 atom stereocenters. The quantitative estimate of drug-likeness (QED) is 0.0280. The first-order valence-electron chi connectivity index (χ1n) is 29.3. The molecule has 0 heterocycles. The highest BCUT2D eigenvalue weighted by Gasteiger charge is 2.31. The zero-order valence-electron chi connectivity index (χ0n) is 46.5. The van der Waals surface area contributed by atoms with Gasteiger partial charge < -0.3 is 23.8 Å². The number of nitrogens with zero attached hydrogens (tertiary/aromatic N) is 1. The maximum atomic E-state index is 12.8. The van der Waals surface area contributed by atoms with E-state index in [0.29, 0.717) is 19.3 Å². The predicted molar refractivity (Wildman–Crippen MR) is 298 cm³/mol. The van der Waals surface area contributed by atoms with E-state index in [-0.39, 0.29) is 36.2 Å². The summed E-state index contributed by atoms with van der Waals surface area (Å²) in [5, 5.41) is 9.68. The van der Waals surface area contributed by atoms with Gasteiger partial charge in [-0.25, -0.2) is 4.79 Å². The van der Waals surface area contributed by atoms with Crippen molar-refractivity contribution in [1.82, 2.24) is 0 Å². The van der Waals surface area contributed by atoms with Crippen LogP contribution in [-0.4, -0.2) is 80.6 Å². The van der Waals surface area contributed by atoms with Gasteiger partial charge in [-0.15, -0.1) is 0 Å². The SMILES string of the molecule is CC/C=C/C/C=C/C/C=C/CCCCCCCCCCCCCCCC(=O)OCC(COCCC(C(=O)O)[N+](C)(C)C)OC(=O)CCCCCCCCC/C=C/C/C=C/CCCCCCCCCCC. The van der Waals surface area contributed by atoms with E-state index in [4.69, 9.17) is 14.2 Å². The normalized spacial score (nSPS) is 13.2. The highest BCUT2D eigenvalue weighted by Crippen LogP contribution is 2.16. The van der Waals surface area contributed by atoms with Crippen LogP contribution in [0.5, 0.6) is 0 Å². The number of hydrogen-bond acceptors (Lipinski definition) is 6. The van der Waals surface area contributed by atoms with E-state index in [2.05, 4.69) is 74.6 Å². The van der Waals surface area contributed by atoms with Crippen LogP contribution in [0.3, 0.4) is 0 Å². The number of rotatable bonds is 53. The van der Waals surface area contributed by atoms with Crippen LogP contribution in [0.2, 0.25) is 0 Å². The fourth-order valence-electron chi connectivity index (χ4n) is 8.67. The number of likely N-dealkylation sites (N-methyl/N-ethyl adjacent to an activating group) is 1. The van der Waals surface area contributed by atoms with E-state index >= 15 is 0 Å². The minimum absolute atomic E-state index is 0.0549. The van der Waals surface area contributed by atoms with Crippen LogP contribution in [0.25, 0.3) is 0 Å². The molecule has 0 fully saturated rings. The minimum atomic E-state index is -0.875. The number of carbonyl (C=O) groups is 3. The van der Waals surface area contributed by atoms with Crippen LogP contribution in [0.4, 0.5) is 0 Å². The Morgan fingerprint density at radius 2 is 0.800 bits per heavy atom. The Morgan fingerprint density at radius 1 is 0.443 bits per heavy atom. The van der Waals surface area contributed by atoms with Crippen molar-refractivity contribution in [3.63, 3.8) is 0 Å². The molecule has 0 aliphatic rings. The van der Waals surface area contributed by atoms with E-state index in [0.717, 1.165) is 70.6 Å². The number of aliphatic carboxylic acids is 1. The van der Waals surface area contributed by atoms with Crippen LogP contribution < -0.4 is 0 Å². The predicted octanol–water partition coefficient (Wildman–Crippen LogP) is 17.7. The van der Waals surface area contributed by atoms with Gasteiger partial charge >= 0.3 is 17.9 Å². The summed E-state index contributed by atoms with van der Waals surface area (Å²) >= 11 is 0. The largest absolute Gasteiger partial charge is 0.477 e. The van der Waals surface area contributed by atoms with E-state index in [1.807, 2.05) is 21.1 Å². The van der Waals surface area contributed by atoms with Gasteiger partial charge in [0.25, 0.3) is 0 Å². The second kappa shape index (κ2) is 52.4. The maximum Gasteiger partial charge on any atom is 0.362 e. The van der Waals surface area contributed by atoms with Crippen molar-refractivity contribution in [3.05, 3.63) is 60.8 Å². The van der Waals surface area contributed by atoms with Crippen molar-refractivity contribution >= 4 is 17.9 Å². The van der Waals surface area contributed by atoms with E-state index in [9.17, 15) is 19.5 Å². The number of carboxylic acid groups (broad SMARTS) is 1. The molecule has 8 heteroatoms. The second-order valence-electron chi connectivity index (χ2n) is 20.9. The van der Waals surface area contributed by atoms with Crippen LogP contribution in [0.15, 0.2) is 60.8 Å². The number of allylic oxidation sites excluding steroid dienone is 10. The van der Waals surface area contributed by atoms with Crippen molar-refractivity contribution in [2.45, 2.75) is 276 Å². The second-order valence-corrected chi connectivity index (χ2v) is 20.9. The lowest BCUT2D eigenvalue weighted by molar-refractivity contribution is -0.887. The van der Waals surface area contributed by atoms with Crippen LogP contribution >= 0.6 is 0 Å². The highest BCUT2D eigenvalue weighted by molar-refractivity contribution is 5.72. The summed E-state index contributed by atoms with van der Waals surface area (Å²) in [6.07, 6.45) is 67.1. The van der Waals surface area contributed by atoms with Gasteiger partial charge in [0.05, 0.1) is 34.4 Å². The molecule has 8 nitrogen and oxygen atoms in total. The van der Waals surface area contributed by atoms with Gasteiger partial charge in [0.2, 0.25) is 0 Å². The third-order valence-corrected chi connectivity index (χ3v) is 13.2. The fourth-order valence-corrected chi connectivity index (χ4v) is 8.67. The Morgan fingerprint density at radius 3 is 1.19 bits per heavy atom. The molecule has 1 N–H and O–H groups in total. The van der Waals surface area contributed by atoms with Crippen LogP contribution in [0, 0.1) is 0 Å². The lowest BCUT2D eigenvalue weighted by atomic mass is 10.0. The molecular weight excluding hydrogens is 871 g/mol. The molecule has 0 saturated heterocycles. The number of quaternary nitrogens is 1. The lowest BCUT2D eigenvalue weighted by Gasteiger charge is -2.31. The summed E-state index contributed by atoms with van der Waals surface area (Å²) in [7, 11) is 5.54. The molecule has 406 valence electrons. The van der Waals surface area contributed by atoms with Crippen molar-refractivity contribution in [3.8, 4) is 0 Å². The van der Waals surface area contributed by atoms with Crippen LogP contribution in [-0.2, 0) is 28.6 Å². The van der Waals surface area contributed by atoms with Gasteiger partial charge in [0.1, 0.15) is 6.61 Å². The summed E-state index contributed by atoms with van der Waals surface area (Å²) in [4.78, 5) is 37.3. The molecule has 70 heavy (non-hydrogen) atoms. The number of esters is 2. The molecule has 0 rings (SSSR count). The van der Waals surface area contributed by atoms with Crippen molar-refractivity contribution < 1.29 is 38.2 Å². The molecule has 0 aliphatic heterocycles. The number of unbranched alkanes of at least 4 members (excludes halogenated alkanes) is 29. The number of carbonyl (C=O) groups excluding carboxylic acids is 2. The molecule has 0 bridgehead atoms. The van der Waals surface area contributed by atoms with E-state index in [1.165, 1.54) is 161 Å². The van der Waals surface area contributed by atoms with Gasteiger partial charge in [0, 0.05) is 19.3 Å². The Balaban J connectivity index is 4.17. The summed E-state index contributed by atoms with van der Waals surface area (Å²) in [6.45, 7) is 4.65. The number of carboxylic acids is 1. The Kier molecular flexibility index (Phi) is 50.1. The summed E-state index contributed by atoms with van der Waals surface area (Å²) in [5.41, 5.74) is 0. The van der Waals surface area contributed by atoms with Gasteiger partial charge in [-0.3, -0.25) is 9.59 Å². The Labute approximate surface area is 432 Å². The van der Waals surface area contributed by atoms with Gasteiger partial charge in [-0.05, 0) is 77.0 Å². The monoisotopic (exact) mass is 983 g/mol. The fraction of sp³-hybridized carbons (Fsp3) is 0.790. The molecule has 0 aromatic carbocycles. The zero-order chi connectivity index (χ0) is 51.3. The first kappa shape index (κ1) is 67.0. The summed E-state index contributed by atoms with van der Waals surface area (Å²) in [6, 6.07) is -0.619. The summed E-state index contributed by atoms with van der Waals surface area (Å²) < 4.78 is 17.4. The smallest absolute Gasteiger partial charge is 0.362 e. The zero-order valence-corrected chi connectivity index (χ0v) is 46.5. The Bertz CT molecular complexity index is 1330. The molecule has 0 aromatic rings. The molecule has 0 spiro atoms. The van der Waals surface area contributed by atoms with Crippen molar-refractivity contribution in [2.75, 3.05) is 41.0 Å². The topological polar surface area (TPSA) is 99.1 Å². The van der Waals surface area contributed by atoms with Gasteiger partial charge in [-0.2, -0.15) is 0 Å². The molecule has 0 radical (unpaired) electrons. The van der Waals surface area contributed by atoms with Crippen molar-refractivity contribution in [2.24, 2.45) is 0 Å². The molecule has 0 aliphatic carbocycles. The van der Waals surface area contributed by atoms with Gasteiger partial charge in [0.15, 0.2) is 12.1 Å². The first-order valence-corrected chi connectivity index (χ1v) is 29.3. The maximum absolute atomic E-state index is 12.8. The van der Waals surface area contributed by atoms with Gasteiger partial charge in [-0.1, -0.05) is 229 Å². The number of ether oxygens (including phenoxy) is 3.